The minimum Gasteiger partial charge on any atom is -0.481 e. The van der Waals surface area contributed by atoms with Crippen LogP contribution in [0.2, 0.25) is 0 Å². The summed E-state index contributed by atoms with van der Waals surface area (Å²) in [6.45, 7) is 5.10. The van der Waals surface area contributed by atoms with Crippen molar-refractivity contribution in [2.75, 3.05) is 6.54 Å². The molecule has 0 saturated heterocycles. The molecule has 0 spiro atoms. The number of ketones is 1. The van der Waals surface area contributed by atoms with Gasteiger partial charge in [0.05, 0.1) is 6.42 Å². The number of carbonyl (C=O) groups is 4. The Bertz CT molecular complexity index is 881. The second-order valence-corrected chi connectivity index (χ2v) is 11.7. The van der Waals surface area contributed by atoms with Crippen LogP contribution >= 0.6 is 0 Å². The molecule has 0 radical (unpaired) electrons. The summed E-state index contributed by atoms with van der Waals surface area (Å²) in [5.74, 6) is 1.87. The number of carboxylic acid groups (broad SMARTS) is 1. The number of fused-ring (bicyclic) bond motifs is 5. The van der Waals surface area contributed by atoms with E-state index in [4.69, 9.17) is 9.84 Å². The number of allylic oxidation sites excluding steroid dienone is 1. The van der Waals surface area contributed by atoms with Crippen LogP contribution in [0.25, 0.3) is 0 Å². The summed E-state index contributed by atoms with van der Waals surface area (Å²) >= 11 is 0. The monoisotopic (exact) mass is 487 g/mol. The van der Waals surface area contributed by atoms with Crippen LogP contribution in [-0.4, -0.2) is 41.4 Å². The number of aliphatic carboxylic acids is 1. The fraction of sp³-hybridized carbons (Fsp3) is 0.786. The third-order valence-electron chi connectivity index (χ3n) is 9.48. The molecule has 3 fully saturated rings. The van der Waals surface area contributed by atoms with E-state index in [0.29, 0.717) is 61.2 Å². The predicted octanol–water partition coefficient (Wildman–Crippen LogP) is 4.44. The molecule has 0 heterocycles. The first-order chi connectivity index (χ1) is 16.7. The SMILES string of the molecule is CC1CC2(C)C(OC(=O)CCC(=O)NCCCCC(=O)O)CCC2C2CCC3=CC(=O)CCC3C12. The lowest BCUT2D eigenvalue weighted by atomic mass is 9.49. The van der Waals surface area contributed by atoms with E-state index < -0.39 is 5.97 Å². The van der Waals surface area contributed by atoms with Gasteiger partial charge in [0.15, 0.2) is 5.78 Å². The lowest BCUT2D eigenvalue weighted by Crippen LogP contribution is -2.51. The topological polar surface area (TPSA) is 110 Å². The van der Waals surface area contributed by atoms with E-state index in [9.17, 15) is 19.2 Å². The number of ether oxygens (including phenoxy) is 1. The normalized spacial score (nSPS) is 35.8. The minimum absolute atomic E-state index is 0.0195. The molecule has 0 aromatic carbocycles. The number of carbonyl (C=O) groups excluding carboxylic acids is 3. The molecule has 4 rings (SSSR count). The summed E-state index contributed by atoms with van der Waals surface area (Å²) in [4.78, 5) is 47.2. The first-order valence-corrected chi connectivity index (χ1v) is 13.6. The van der Waals surface area contributed by atoms with Gasteiger partial charge >= 0.3 is 11.9 Å². The zero-order valence-corrected chi connectivity index (χ0v) is 21.2. The fourth-order valence-electron chi connectivity index (χ4n) is 8.07. The third kappa shape index (κ3) is 5.64. The molecule has 7 heteroatoms. The zero-order chi connectivity index (χ0) is 25.2. The summed E-state index contributed by atoms with van der Waals surface area (Å²) in [7, 11) is 0. The summed E-state index contributed by atoms with van der Waals surface area (Å²) in [6.07, 6.45) is 10.1. The van der Waals surface area contributed by atoms with Crippen molar-refractivity contribution in [2.45, 2.75) is 97.0 Å². The van der Waals surface area contributed by atoms with Crippen LogP contribution in [0, 0.1) is 35.0 Å². The smallest absolute Gasteiger partial charge is 0.306 e. The number of amides is 1. The quantitative estimate of drug-likeness (QED) is 0.368. The molecule has 7 unspecified atom stereocenters. The van der Waals surface area contributed by atoms with Gasteiger partial charge in [-0.15, -0.1) is 0 Å². The Morgan fingerprint density at radius 2 is 1.89 bits per heavy atom. The number of hydrogen-bond acceptors (Lipinski definition) is 5. The Balaban J connectivity index is 1.28. The van der Waals surface area contributed by atoms with Gasteiger partial charge in [0.25, 0.3) is 0 Å². The molecule has 0 aromatic heterocycles. The van der Waals surface area contributed by atoms with Crippen molar-refractivity contribution in [3.8, 4) is 0 Å². The van der Waals surface area contributed by atoms with Crippen LogP contribution < -0.4 is 5.32 Å². The van der Waals surface area contributed by atoms with Gasteiger partial charge in [0.2, 0.25) is 5.91 Å². The molecule has 194 valence electrons. The highest BCUT2D eigenvalue weighted by Crippen LogP contribution is 2.64. The van der Waals surface area contributed by atoms with Gasteiger partial charge in [-0.3, -0.25) is 19.2 Å². The highest BCUT2D eigenvalue weighted by atomic mass is 16.5. The van der Waals surface area contributed by atoms with Crippen LogP contribution in [-0.2, 0) is 23.9 Å². The van der Waals surface area contributed by atoms with Crippen molar-refractivity contribution in [1.29, 1.82) is 0 Å². The maximum absolute atomic E-state index is 12.6. The highest BCUT2D eigenvalue weighted by Gasteiger charge is 2.59. The second kappa shape index (κ2) is 10.8. The Hall–Kier alpha value is -2.18. The number of carboxylic acids is 1. The first-order valence-electron chi connectivity index (χ1n) is 13.6. The lowest BCUT2D eigenvalue weighted by molar-refractivity contribution is -0.161. The van der Waals surface area contributed by atoms with Gasteiger partial charge in [0, 0.05) is 31.2 Å². The number of esters is 1. The van der Waals surface area contributed by atoms with Crippen LogP contribution in [0.4, 0.5) is 0 Å². The highest BCUT2D eigenvalue weighted by molar-refractivity contribution is 5.91. The molecule has 3 saturated carbocycles. The van der Waals surface area contributed by atoms with Gasteiger partial charge in [-0.05, 0) is 87.0 Å². The van der Waals surface area contributed by atoms with Gasteiger partial charge in [0.1, 0.15) is 6.10 Å². The number of rotatable bonds is 9. The summed E-state index contributed by atoms with van der Waals surface area (Å²) < 4.78 is 6.01. The number of unbranched alkanes of at least 4 members (excludes halogenated alkanes) is 1. The van der Waals surface area contributed by atoms with Crippen molar-refractivity contribution >= 4 is 23.6 Å². The van der Waals surface area contributed by atoms with Gasteiger partial charge in [-0.1, -0.05) is 19.4 Å². The molecule has 1 amide bonds. The molecule has 7 nitrogen and oxygen atoms in total. The molecule has 35 heavy (non-hydrogen) atoms. The van der Waals surface area contributed by atoms with E-state index in [0.717, 1.165) is 38.5 Å². The van der Waals surface area contributed by atoms with Crippen LogP contribution in [0.5, 0.6) is 0 Å². The molecule has 2 N–H and O–H groups in total. The minimum atomic E-state index is -0.833. The third-order valence-corrected chi connectivity index (χ3v) is 9.48. The van der Waals surface area contributed by atoms with Crippen molar-refractivity contribution in [3.63, 3.8) is 0 Å². The molecule has 0 bridgehead atoms. The van der Waals surface area contributed by atoms with Crippen LogP contribution in [0.1, 0.15) is 90.9 Å². The van der Waals surface area contributed by atoms with E-state index in [1.165, 1.54) is 5.57 Å². The molecule has 7 atom stereocenters. The Morgan fingerprint density at radius 1 is 1.09 bits per heavy atom. The first kappa shape index (κ1) is 25.9. The van der Waals surface area contributed by atoms with E-state index >= 15 is 0 Å². The average molecular weight is 488 g/mol. The van der Waals surface area contributed by atoms with E-state index in [2.05, 4.69) is 19.2 Å². The Kier molecular flexibility index (Phi) is 8.02. The molecule has 0 aliphatic heterocycles. The van der Waals surface area contributed by atoms with Crippen LogP contribution in [0.3, 0.4) is 0 Å². The molecule has 0 aromatic rings. The van der Waals surface area contributed by atoms with E-state index in [1.54, 1.807) is 0 Å². The fourth-order valence-corrected chi connectivity index (χ4v) is 8.07. The van der Waals surface area contributed by atoms with Crippen molar-refractivity contribution < 1.29 is 29.0 Å². The number of nitrogens with one attached hydrogen (secondary N) is 1. The molecular formula is C28H41NO6. The maximum Gasteiger partial charge on any atom is 0.306 e. The van der Waals surface area contributed by atoms with Crippen molar-refractivity contribution in [2.24, 2.45) is 35.0 Å². The van der Waals surface area contributed by atoms with Gasteiger partial charge in [-0.2, -0.15) is 0 Å². The largest absolute Gasteiger partial charge is 0.481 e. The van der Waals surface area contributed by atoms with E-state index in [-0.39, 0.29) is 42.7 Å². The maximum atomic E-state index is 12.6. The zero-order valence-electron chi connectivity index (χ0n) is 21.2. The Morgan fingerprint density at radius 3 is 2.66 bits per heavy atom. The molecular weight excluding hydrogens is 446 g/mol. The van der Waals surface area contributed by atoms with Crippen LogP contribution in [0.15, 0.2) is 11.6 Å². The average Bonchev–Trinajstić information content (AvgIpc) is 3.12. The second-order valence-electron chi connectivity index (χ2n) is 11.7. The standard InChI is InChI=1S/C28H41NO6/c1-17-16-28(2)22(21-8-6-18-15-19(30)7-9-20(18)27(17)21)10-11-23(28)35-26(34)13-12-24(31)29-14-4-3-5-25(32)33/h15,17,20-23,27H,3-14,16H2,1-2H3,(H,29,31)(H,32,33). The summed E-state index contributed by atoms with van der Waals surface area (Å²) in [5, 5.41) is 11.4. The Labute approximate surface area is 208 Å². The van der Waals surface area contributed by atoms with E-state index in [1.807, 2.05) is 6.08 Å². The summed E-state index contributed by atoms with van der Waals surface area (Å²) in [5.41, 5.74) is 1.37. The lowest BCUT2D eigenvalue weighted by Gasteiger charge is -2.56. The molecule has 4 aliphatic rings. The predicted molar refractivity (Wildman–Crippen MR) is 130 cm³/mol. The van der Waals surface area contributed by atoms with Gasteiger partial charge in [-0.25, -0.2) is 0 Å². The summed E-state index contributed by atoms with van der Waals surface area (Å²) in [6, 6.07) is 0. The molecule has 4 aliphatic carbocycles. The van der Waals surface area contributed by atoms with Crippen molar-refractivity contribution in [3.05, 3.63) is 11.6 Å². The van der Waals surface area contributed by atoms with Gasteiger partial charge < -0.3 is 15.2 Å². The number of hydrogen-bond donors (Lipinski definition) is 2. The van der Waals surface area contributed by atoms with Crippen molar-refractivity contribution in [1.82, 2.24) is 5.32 Å².